The van der Waals surface area contributed by atoms with Crippen LogP contribution in [0.4, 0.5) is 13.2 Å². The number of halogens is 4. The van der Waals surface area contributed by atoms with Crippen LogP contribution >= 0.6 is 11.6 Å². The Morgan fingerprint density at radius 1 is 1.16 bits per heavy atom. The average molecular weight is 533 g/mol. The SMILES string of the molecule is CCn1cc(C(F)(F)F)nc1-c1ccc(OC2CCCCn3nc(-c4c(Cl)cnn4C(C)C)cc32)cc1. The summed E-state index contributed by atoms with van der Waals surface area (Å²) in [5.41, 5.74) is 2.19. The molecule has 37 heavy (non-hydrogen) atoms. The Kier molecular flexibility index (Phi) is 6.78. The number of ether oxygens (including phenoxy) is 1. The maximum absolute atomic E-state index is 13.2. The molecule has 1 atom stereocenters. The number of hydrogen-bond acceptors (Lipinski definition) is 4. The van der Waals surface area contributed by atoms with Gasteiger partial charge in [0.05, 0.1) is 16.9 Å². The van der Waals surface area contributed by atoms with E-state index in [0.29, 0.717) is 22.9 Å². The van der Waals surface area contributed by atoms with Crippen LogP contribution in [0.2, 0.25) is 5.02 Å². The van der Waals surface area contributed by atoms with Gasteiger partial charge in [0.15, 0.2) is 5.69 Å². The monoisotopic (exact) mass is 532 g/mol. The van der Waals surface area contributed by atoms with Gasteiger partial charge in [-0.1, -0.05) is 11.6 Å². The van der Waals surface area contributed by atoms with E-state index in [1.54, 1.807) is 37.4 Å². The molecular weight excluding hydrogens is 505 g/mol. The van der Waals surface area contributed by atoms with Crippen molar-refractivity contribution in [3.05, 3.63) is 59.1 Å². The summed E-state index contributed by atoms with van der Waals surface area (Å²) in [6, 6.07) is 9.17. The lowest BCUT2D eigenvalue weighted by Crippen LogP contribution is -2.11. The van der Waals surface area contributed by atoms with Gasteiger partial charge in [-0.25, -0.2) is 4.98 Å². The largest absolute Gasteiger partial charge is 0.484 e. The molecule has 0 saturated carbocycles. The van der Waals surface area contributed by atoms with E-state index in [0.717, 1.165) is 49.1 Å². The molecule has 0 aliphatic carbocycles. The molecule has 196 valence electrons. The number of alkyl halides is 3. The topological polar surface area (TPSA) is 62.7 Å². The maximum atomic E-state index is 13.2. The molecule has 4 heterocycles. The Labute approximate surface area is 217 Å². The van der Waals surface area contributed by atoms with E-state index in [9.17, 15) is 13.2 Å². The van der Waals surface area contributed by atoms with Crippen LogP contribution in [0.5, 0.6) is 5.75 Å². The molecule has 4 aromatic rings. The minimum absolute atomic E-state index is 0.130. The first-order valence-corrected chi connectivity index (χ1v) is 12.8. The average Bonchev–Trinajstić information content (AvgIpc) is 3.55. The van der Waals surface area contributed by atoms with E-state index in [1.165, 1.54) is 4.57 Å². The summed E-state index contributed by atoms with van der Waals surface area (Å²) in [6.07, 6.45) is 0.750. The van der Waals surface area contributed by atoms with Crippen molar-refractivity contribution >= 4 is 11.6 Å². The Balaban J connectivity index is 1.41. The Bertz CT molecular complexity index is 1390. The van der Waals surface area contributed by atoms with E-state index >= 15 is 0 Å². The summed E-state index contributed by atoms with van der Waals surface area (Å²) in [5.74, 6) is 0.901. The Hall–Kier alpha value is -3.27. The minimum Gasteiger partial charge on any atom is -0.484 e. The van der Waals surface area contributed by atoms with E-state index in [2.05, 4.69) is 10.1 Å². The molecule has 0 amide bonds. The fourth-order valence-electron chi connectivity index (χ4n) is 4.69. The lowest BCUT2D eigenvalue weighted by Gasteiger charge is -2.18. The summed E-state index contributed by atoms with van der Waals surface area (Å²) in [5, 5.41) is 9.78. The molecule has 0 spiro atoms. The zero-order chi connectivity index (χ0) is 26.3. The molecule has 11 heteroatoms. The molecule has 0 bridgehead atoms. The van der Waals surface area contributed by atoms with Gasteiger partial charge < -0.3 is 9.30 Å². The van der Waals surface area contributed by atoms with Crippen LogP contribution in [0.25, 0.3) is 22.8 Å². The predicted octanol–water partition coefficient (Wildman–Crippen LogP) is 7.19. The number of hydrogen-bond donors (Lipinski definition) is 0. The number of rotatable bonds is 6. The van der Waals surface area contributed by atoms with Gasteiger partial charge in [-0.2, -0.15) is 23.4 Å². The second-order valence-electron chi connectivity index (χ2n) is 9.42. The van der Waals surface area contributed by atoms with Crippen LogP contribution in [0, 0.1) is 0 Å². The molecule has 1 unspecified atom stereocenters. The van der Waals surface area contributed by atoms with E-state index < -0.39 is 11.9 Å². The van der Waals surface area contributed by atoms with Gasteiger partial charge in [0.2, 0.25) is 0 Å². The lowest BCUT2D eigenvalue weighted by molar-refractivity contribution is -0.140. The normalized spacial score (nSPS) is 16.2. The van der Waals surface area contributed by atoms with Gasteiger partial charge in [-0.05, 0) is 70.4 Å². The molecule has 0 fully saturated rings. The first-order chi connectivity index (χ1) is 17.7. The van der Waals surface area contributed by atoms with Crippen molar-refractivity contribution in [1.29, 1.82) is 0 Å². The molecule has 0 radical (unpaired) electrons. The predicted molar refractivity (Wildman–Crippen MR) is 134 cm³/mol. The van der Waals surface area contributed by atoms with Crippen LogP contribution < -0.4 is 4.74 Å². The third kappa shape index (κ3) is 4.99. The summed E-state index contributed by atoms with van der Waals surface area (Å²) in [4.78, 5) is 3.83. The van der Waals surface area contributed by atoms with Crippen molar-refractivity contribution in [2.45, 2.75) is 71.4 Å². The molecule has 1 aliphatic heterocycles. The third-order valence-corrected chi connectivity index (χ3v) is 6.78. The van der Waals surface area contributed by atoms with E-state index in [4.69, 9.17) is 21.4 Å². The number of imidazole rings is 1. The lowest BCUT2D eigenvalue weighted by atomic mass is 10.1. The standard InChI is InChI=1S/C26H28ClF3N6O/c1-4-34-15-23(26(28,29)30)32-25(34)17-8-10-18(11-9-17)37-22-7-5-6-12-35-21(22)13-20(33-35)24-19(27)14-31-36(24)16(2)3/h8-11,13-16,22H,4-7,12H2,1-3H3. The van der Waals surface area contributed by atoms with Crippen molar-refractivity contribution in [2.75, 3.05) is 0 Å². The summed E-state index contributed by atoms with van der Waals surface area (Å²) in [6.45, 7) is 7.03. The highest BCUT2D eigenvalue weighted by molar-refractivity contribution is 6.32. The van der Waals surface area contributed by atoms with Gasteiger partial charge in [-0.15, -0.1) is 0 Å². The Morgan fingerprint density at radius 3 is 2.59 bits per heavy atom. The van der Waals surface area contributed by atoms with Crippen molar-refractivity contribution in [2.24, 2.45) is 0 Å². The molecule has 3 aromatic heterocycles. The summed E-state index contributed by atoms with van der Waals surface area (Å²) < 4.78 is 51.2. The van der Waals surface area contributed by atoms with Gasteiger partial charge in [-0.3, -0.25) is 9.36 Å². The third-order valence-electron chi connectivity index (χ3n) is 6.51. The highest BCUT2D eigenvalue weighted by Crippen LogP contribution is 2.36. The summed E-state index contributed by atoms with van der Waals surface area (Å²) in [7, 11) is 0. The minimum atomic E-state index is -4.49. The molecule has 5 rings (SSSR count). The Morgan fingerprint density at radius 2 is 1.92 bits per heavy atom. The molecule has 0 saturated heterocycles. The number of aryl methyl sites for hydroxylation is 2. The van der Waals surface area contributed by atoms with Crippen LogP contribution in [0.15, 0.2) is 42.7 Å². The smallest absolute Gasteiger partial charge is 0.434 e. The number of aromatic nitrogens is 6. The van der Waals surface area contributed by atoms with Crippen molar-refractivity contribution < 1.29 is 17.9 Å². The first kappa shape index (κ1) is 25.4. The number of nitrogens with zero attached hydrogens (tertiary/aromatic N) is 6. The second kappa shape index (κ2) is 9.89. The van der Waals surface area contributed by atoms with E-state index in [-0.39, 0.29) is 18.0 Å². The molecule has 1 aliphatic rings. The van der Waals surface area contributed by atoms with Crippen LogP contribution in [-0.4, -0.2) is 29.1 Å². The number of fused-ring (bicyclic) bond motifs is 1. The molecule has 0 N–H and O–H groups in total. The first-order valence-electron chi connectivity index (χ1n) is 12.4. The van der Waals surface area contributed by atoms with Crippen molar-refractivity contribution in [1.82, 2.24) is 29.1 Å². The van der Waals surface area contributed by atoms with Crippen molar-refractivity contribution in [3.8, 4) is 28.5 Å². The van der Waals surface area contributed by atoms with Crippen molar-refractivity contribution in [3.63, 3.8) is 0 Å². The van der Waals surface area contributed by atoms with Gasteiger partial charge in [0, 0.05) is 30.9 Å². The van der Waals surface area contributed by atoms with Gasteiger partial charge in [0.25, 0.3) is 0 Å². The fourth-order valence-corrected chi connectivity index (χ4v) is 4.91. The summed E-state index contributed by atoms with van der Waals surface area (Å²) >= 11 is 6.47. The van der Waals surface area contributed by atoms with Crippen LogP contribution in [0.3, 0.4) is 0 Å². The molecular formula is C26H28ClF3N6O. The molecule has 1 aromatic carbocycles. The molecule has 7 nitrogen and oxygen atoms in total. The highest BCUT2D eigenvalue weighted by Gasteiger charge is 2.35. The number of benzene rings is 1. The maximum Gasteiger partial charge on any atom is 0.434 e. The zero-order valence-electron chi connectivity index (χ0n) is 20.8. The fraction of sp³-hybridized carbons (Fsp3) is 0.423. The van der Waals surface area contributed by atoms with E-state index in [1.807, 2.05) is 29.3 Å². The zero-order valence-corrected chi connectivity index (χ0v) is 21.6. The van der Waals surface area contributed by atoms with Crippen LogP contribution in [0.1, 0.15) is 63.6 Å². The van der Waals surface area contributed by atoms with Gasteiger partial charge in [0.1, 0.15) is 29.1 Å². The van der Waals surface area contributed by atoms with Gasteiger partial charge >= 0.3 is 6.18 Å². The quantitative estimate of drug-likeness (QED) is 0.264. The van der Waals surface area contributed by atoms with Crippen LogP contribution in [-0.2, 0) is 19.3 Å². The highest BCUT2D eigenvalue weighted by atomic mass is 35.5. The second-order valence-corrected chi connectivity index (χ2v) is 9.82.